The quantitative estimate of drug-likeness (QED) is 0.665. The Kier molecular flexibility index (Phi) is 3.38. The van der Waals surface area contributed by atoms with Crippen LogP contribution in [0, 0.1) is 0 Å². The molecule has 6 heteroatoms. The lowest BCUT2D eigenvalue weighted by atomic mass is 10.2. The van der Waals surface area contributed by atoms with Crippen LogP contribution in [0.3, 0.4) is 0 Å². The monoisotopic (exact) mass is 218 g/mol. The molecular formula is C8H14N2O3S. The predicted octanol–water partition coefficient (Wildman–Crippen LogP) is -0.292. The van der Waals surface area contributed by atoms with E-state index in [0.717, 1.165) is 0 Å². The van der Waals surface area contributed by atoms with Gasteiger partial charge in [0.15, 0.2) is 0 Å². The Labute approximate surface area is 86.6 Å². The van der Waals surface area contributed by atoms with Gasteiger partial charge < -0.3 is 15.7 Å². The molecule has 0 aliphatic carbocycles. The fourth-order valence-electron chi connectivity index (χ4n) is 1.40. The van der Waals surface area contributed by atoms with E-state index in [1.165, 1.54) is 16.7 Å². The van der Waals surface area contributed by atoms with Gasteiger partial charge in [0.1, 0.15) is 6.04 Å². The molecule has 5 nitrogen and oxygen atoms in total. The molecule has 1 amide bonds. The van der Waals surface area contributed by atoms with Gasteiger partial charge >= 0.3 is 5.97 Å². The number of carbonyl (C=O) groups is 2. The maximum atomic E-state index is 11.6. The van der Waals surface area contributed by atoms with Gasteiger partial charge in [0, 0.05) is 5.75 Å². The number of aliphatic carboxylic acids is 1. The largest absolute Gasteiger partial charge is 0.480 e. The van der Waals surface area contributed by atoms with E-state index in [2.05, 4.69) is 0 Å². The highest BCUT2D eigenvalue weighted by Crippen LogP contribution is 2.29. The van der Waals surface area contributed by atoms with Crippen LogP contribution in [-0.2, 0) is 9.59 Å². The van der Waals surface area contributed by atoms with E-state index in [1.807, 2.05) is 6.92 Å². The highest BCUT2D eigenvalue weighted by Gasteiger charge is 2.40. The lowest BCUT2D eigenvalue weighted by molar-refractivity contribution is -0.149. The third-order valence-corrected chi connectivity index (χ3v) is 3.37. The van der Waals surface area contributed by atoms with Crippen molar-refractivity contribution < 1.29 is 14.7 Å². The maximum Gasteiger partial charge on any atom is 0.327 e. The van der Waals surface area contributed by atoms with Crippen molar-refractivity contribution in [3.8, 4) is 0 Å². The Bertz CT molecular complexity index is 257. The molecule has 1 fully saturated rings. The zero-order valence-electron chi connectivity index (χ0n) is 8.14. The fraction of sp³-hybridized carbons (Fsp3) is 0.750. The Morgan fingerprint density at radius 1 is 1.64 bits per heavy atom. The second kappa shape index (κ2) is 4.18. The Balaban J connectivity index is 2.81. The van der Waals surface area contributed by atoms with Crippen LogP contribution in [0.1, 0.15) is 13.8 Å². The SMILES string of the molecule is CC(N)C(=O)N1C(C)SCC1C(=O)O. The van der Waals surface area contributed by atoms with Crippen LogP contribution < -0.4 is 5.73 Å². The molecule has 0 spiro atoms. The molecule has 14 heavy (non-hydrogen) atoms. The second-order valence-corrected chi connectivity index (χ2v) is 4.67. The minimum absolute atomic E-state index is 0.102. The van der Waals surface area contributed by atoms with Crippen molar-refractivity contribution in [2.45, 2.75) is 31.3 Å². The van der Waals surface area contributed by atoms with Gasteiger partial charge in [-0.3, -0.25) is 4.79 Å². The van der Waals surface area contributed by atoms with Crippen LogP contribution in [0.25, 0.3) is 0 Å². The van der Waals surface area contributed by atoms with Gasteiger partial charge in [0.25, 0.3) is 0 Å². The summed E-state index contributed by atoms with van der Waals surface area (Å²) < 4.78 is 0. The van der Waals surface area contributed by atoms with Gasteiger partial charge in [0.2, 0.25) is 5.91 Å². The van der Waals surface area contributed by atoms with Crippen LogP contribution >= 0.6 is 11.8 Å². The van der Waals surface area contributed by atoms with E-state index in [-0.39, 0.29) is 11.3 Å². The molecule has 1 heterocycles. The topological polar surface area (TPSA) is 83.6 Å². The van der Waals surface area contributed by atoms with E-state index in [9.17, 15) is 9.59 Å². The molecule has 3 atom stereocenters. The third-order valence-electron chi connectivity index (χ3n) is 2.15. The molecule has 3 N–H and O–H groups in total. The van der Waals surface area contributed by atoms with Crippen molar-refractivity contribution in [1.29, 1.82) is 0 Å². The number of carboxylic acid groups (broad SMARTS) is 1. The lowest BCUT2D eigenvalue weighted by Crippen LogP contribution is -2.50. The summed E-state index contributed by atoms with van der Waals surface area (Å²) in [5, 5.41) is 8.78. The van der Waals surface area contributed by atoms with Gasteiger partial charge in [0.05, 0.1) is 11.4 Å². The standard InChI is InChI=1S/C8H14N2O3S/c1-4(9)7(11)10-5(2)14-3-6(10)8(12)13/h4-6H,3,9H2,1-2H3,(H,12,13). The molecule has 1 aliphatic heterocycles. The lowest BCUT2D eigenvalue weighted by Gasteiger charge is -2.26. The van der Waals surface area contributed by atoms with Crippen molar-refractivity contribution in [2.24, 2.45) is 5.73 Å². The summed E-state index contributed by atoms with van der Waals surface area (Å²) in [6.07, 6.45) is 0. The van der Waals surface area contributed by atoms with E-state index >= 15 is 0 Å². The zero-order chi connectivity index (χ0) is 10.9. The molecule has 3 unspecified atom stereocenters. The molecule has 0 aromatic heterocycles. The van der Waals surface area contributed by atoms with Gasteiger partial charge in [-0.15, -0.1) is 11.8 Å². The number of amides is 1. The van der Waals surface area contributed by atoms with Crippen molar-refractivity contribution in [2.75, 3.05) is 5.75 Å². The number of carboxylic acids is 1. The molecule has 1 rings (SSSR count). The molecular weight excluding hydrogens is 204 g/mol. The van der Waals surface area contributed by atoms with Gasteiger partial charge in [-0.2, -0.15) is 0 Å². The number of nitrogens with two attached hydrogens (primary N) is 1. The van der Waals surface area contributed by atoms with Crippen molar-refractivity contribution in [3.05, 3.63) is 0 Å². The van der Waals surface area contributed by atoms with Gasteiger partial charge in [-0.1, -0.05) is 0 Å². The van der Waals surface area contributed by atoms with Gasteiger partial charge in [-0.05, 0) is 13.8 Å². The molecule has 1 saturated heterocycles. The predicted molar refractivity (Wildman–Crippen MR) is 53.8 cm³/mol. The first-order valence-corrected chi connectivity index (χ1v) is 5.42. The molecule has 0 saturated carbocycles. The summed E-state index contributed by atoms with van der Waals surface area (Å²) >= 11 is 1.46. The number of hydrogen-bond donors (Lipinski definition) is 2. The third kappa shape index (κ3) is 2.01. The van der Waals surface area contributed by atoms with Gasteiger partial charge in [-0.25, -0.2) is 4.79 Å². The summed E-state index contributed by atoms with van der Waals surface area (Å²) in [6.45, 7) is 3.38. The van der Waals surface area contributed by atoms with E-state index in [4.69, 9.17) is 10.8 Å². The highest BCUT2D eigenvalue weighted by molar-refractivity contribution is 8.00. The average molecular weight is 218 g/mol. The normalized spacial score (nSPS) is 28.9. The highest BCUT2D eigenvalue weighted by atomic mass is 32.2. The van der Waals surface area contributed by atoms with E-state index in [0.29, 0.717) is 5.75 Å². The van der Waals surface area contributed by atoms with Crippen molar-refractivity contribution >= 4 is 23.6 Å². The first kappa shape index (κ1) is 11.3. The summed E-state index contributed by atoms with van der Waals surface area (Å²) in [5.41, 5.74) is 5.45. The van der Waals surface area contributed by atoms with Crippen LogP contribution in [0.15, 0.2) is 0 Å². The average Bonchev–Trinajstić information content (AvgIpc) is 2.45. The molecule has 0 aromatic rings. The zero-order valence-corrected chi connectivity index (χ0v) is 8.95. The summed E-state index contributed by atoms with van der Waals surface area (Å²) in [7, 11) is 0. The van der Waals surface area contributed by atoms with Crippen LogP contribution in [0.4, 0.5) is 0 Å². The van der Waals surface area contributed by atoms with Crippen LogP contribution in [0.5, 0.6) is 0 Å². The van der Waals surface area contributed by atoms with Crippen molar-refractivity contribution in [3.63, 3.8) is 0 Å². The Hall–Kier alpha value is -0.750. The summed E-state index contributed by atoms with van der Waals surface area (Å²) in [5.74, 6) is -0.819. The minimum Gasteiger partial charge on any atom is -0.480 e. The maximum absolute atomic E-state index is 11.6. The van der Waals surface area contributed by atoms with E-state index in [1.54, 1.807) is 6.92 Å². The number of nitrogens with zero attached hydrogens (tertiary/aromatic N) is 1. The molecule has 80 valence electrons. The Morgan fingerprint density at radius 2 is 2.21 bits per heavy atom. The van der Waals surface area contributed by atoms with E-state index < -0.39 is 18.1 Å². The number of carbonyl (C=O) groups excluding carboxylic acids is 1. The number of hydrogen-bond acceptors (Lipinski definition) is 4. The fourth-order valence-corrected chi connectivity index (χ4v) is 2.58. The molecule has 0 bridgehead atoms. The first-order valence-electron chi connectivity index (χ1n) is 4.37. The molecule has 1 aliphatic rings. The second-order valence-electron chi connectivity index (χ2n) is 3.32. The molecule has 0 aromatic carbocycles. The van der Waals surface area contributed by atoms with Crippen LogP contribution in [-0.4, -0.2) is 45.1 Å². The van der Waals surface area contributed by atoms with Crippen LogP contribution in [0.2, 0.25) is 0 Å². The smallest absolute Gasteiger partial charge is 0.327 e. The minimum atomic E-state index is -0.962. The number of thioether (sulfide) groups is 1. The Morgan fingerprint density at radius 3 is 2.64 bits per heavy atom. The first-order chi connectivity index (χ1) is 6.45. The van der Waals surface area contributed by atoms with Crippen molar-refractivity contribution in [1.82, 2.24) is 4.90 Å². The molecule has 0 radical (unpaired) electrons. The number of rotatable bonds is 2. The summed E-state index contributed by atoms with van der Waals surface area (Å²) in [4.78, 5) is 23.8. The summed E-state index contributed by atoms with van der Waals surface area (Å²) in [6, 6.07) is -1.37.